The third-order valence-corrected chi connectivity index (χ3v) is 16.2. The fraction of sp³-hybridized carbons (Fsp3) is 0.364. The first-order valence-electron chi connectivity index (χ1n) is 24.5. The van der Waals surface area contributed by atoms with Crippen molar-refractivity contribution in [3.63, 3.8) is 0 Å². The van der Waals surface area contributed by atoms with Crippen LogP contribution >= 0.6 is 46.4 Å². The maximum Gasteiger partial charge on any atom is 0.446 e. The Labute approximate surface area is 449 Å². The first-order chi connectivity index (χ1) is 35.8. The molecule has 0 radical (unpaired) electrons. The number of amides is 2. The summed E-state index contributed by atoms with van der Waals surface area (Å²) in [5.74, 6) is 1.28. The topological polar surface area (TPSA) is 163 Å². The van der Waals surface area contributed by atoms with Crippen LogP contribution in [0.4, 0.5) is 13.2 Å². The average molecular weight is 1110 g/mol. The van der Waals surface area contributed by atoms with E-state index in [2.05, 4.69) is 28.8 Å². The minimum Gasteiger partial charge on any atom is -0.473 e. The number of aryl methyl sites for hydroxylation is 2. The second-order valence-electron chi connectivity index (χ2n) is 19.4. The Morgan fingerprint density at radius 1 is 0.747 bits per heavy atom. The molecule has 8 heterocycles. The molecule has 394 valence electrons. The molecule has 2 fully saturated rings. The fourth-order valence-corrected chi connectivity index (χ4v) is 11.5. The van der Waals surface area contributed by atoms with Crippen LogP contribution in [0.2, 0.25) is 20.1 Å². The van der Waals surface area contributed by atoms with E-state index in [9.17, 15) is 27.6 Å². The first kappa shape index (κ1) is 53.9. The maximum absolute atomic E-state index is 13.9. The van der Waals surface area contributed by atoms with Crippen LogP contribution < -0.4 is 10.3 Å². The predicted molar refractivity (Wildman–Crippen MR) is 283 cm³/mol. The molecular weight excluding hydrogens is 1060 g/mol. The van der Waals surface area contributed by atoms with Crippen molar-refractivity contribution in [3.8, 4) is 5.88 Å². The number of alkyl halides is 3. The van der Waals surface area contributed by atoms with Gasteiger partial charge >= 0.3 is 6.18 Å². The number of ether oxygens (including phenoxy) is 3. The van der Waals surface area contributed by atoms with Gasteiger partial charge in [0.15, 0.2) is 0 Å². The van der Waals surface area contributed by atoms with Gasteiger partial charge in [-0.3, -0.25) is 19.2 Å². The highest BCUT2D eigenvalue weighted by Gasteiger charge is 2.37. The lowest BCUT2D eigenvalue weighted by molar-refractivity contribution is -0.156. The molecule has 0 bridgehead atoms. The van der Waals surface area contributed by atoms with Crippen LogP contribution in [-0.2, 0) is 46.8 Å². The van der Waals surface area contributed by atoms with Gasteiger partial charge in [-0.25, -0.2) is 4.98 Å². The van der Waals surface area contributed by atoms with Gasteiger partial charge in [0.05, 0.1) is 77.4 Å². The zero-order valence-corrected chi connectivity index (χ0v) is 44.4. The number of aromatic amines is 3. The molecule has 20 heteroatoms. The highest BCUT2D eigenvalue weighted by atomic mass is 35.5. The van der Waals surface area contributed by atoms with E-state index in [1.807, 2.05) is 79.5 Å². The molecule has 0 spiro atoms. The number of nitrogens with one attached hydrogen (secondary N) is 3. The number of fused-ring (bicyclic) bond motifs is 4. The molecule has 0 aliphatic carbocycles. The second-order valence-corrected chi connectivity index (χ2v) is 20.9. The van der Waals surface area contributed by atoms with Gasteiger partial charge < -0.3 is 39.0 Å². The second kappa shape index (κ2) is 22.4. The van der Waals surface area contributed by atoms with E-state index >= 15 is 0 Å². The van der Waals surface area contributed by atoms with E-state index in [1.54, 1.807) is 11.1 Å². The Hall–Kier alpha value is -5.88. The summed E-state index contributed by atoms with van der Waals surface area (Å²) in [4.78, 5) is 66.5. The molecule has 2 atom stereocenters. The molecule has 0 saturated carbocycles. The van der Waals surface area contributed by atoms with E-state index in [0.29, 0.717) is 120 Å². The number of H-pyrrole nitrogens is 3. The lowest BCUT2D eigenvalue weighted by Gasteiger charge is -2.35. The average Bonchev–Trinajstić information content (AvgIpc) is 4.07. The number of carbonyl (C=O) groups excluding carboxylic acids is 3. The Morgan fingerprint density at radius 3 is 1.71 bits per heavy atom. The van der Waals surface area contributed by atoms with Crippen molar-refractivity contribution in [3.05, 3.63) is 159 Å². The highest BCUT2D eigenvalue weighted by molar-refractivity contribution is 6.38. The van der Waals surface area contributed by atoms with Crippen molar-refractivity contribution in [1.82, 2.24) is 29.7 Å². The SMILES string of the molecule is Cc1[nH]c(=O)c(CN2CCc3c(Cl)cc(C(C)C4COC4)c(Cl)c3C2=O)c2cc[nH]c12.Cc1nc(OCc2ccccc2)c(CN2CCc3c(Cl)cc(C(C)C4COC4)c(Cl)c3C2=O)c2cc[nH]c12.O=CC(F)(F)F. The van der Waals surface area contributed by atoms with Crippen molar-refractivity contribution in [1.29, 1.82) is 0 Å². The summed E-state index contributed by atoms with van der Waals surface area (Å²) in [6.45, 7) is 12.8. The summed E-state index contributed by atoms with van der Waals surface area (Å²) >= 11 is 27.0. The number of pyridine rings is 2. The normalized spacial score (nSPS) is 16.5. The molecule has 75 heavy (non-hydrogen) atoms. The number of hydrogen-bond acceptors (Lipinski definition) is 8. The van der Waals surface area contributed by atoms with Crippen LogP contribution in [0, 0.1) is 25.7 Å². The number of carbonyl (C=O) groups is 3. The van der Waals surface area contributed by atoms with Crippen molar-refractivity contribution in [2.45, 2.75) is 78.2 Å². The van der Waals surface area contributed by atoms with E-state index in [1.165, 1.54) is 0 Å². The largest absolute Gasteiger partial charge is 0.473 e. The molecule has 7 aromatic rings. The quantitative estimate of drug-likeness (QED) is 0.108. The van der Waals surface area contributed by atoms with Gasteiger partial charge in [0.25, 0.3) is 17.4 Å². The number of aromatic nitrogens is 4. The van der Waals surface area contributed by atoms with Gasteiger partial charge in [0.2, 0.25) is 12.2 Å². The predicted octanol–water partition coefficient (Wildman–Crippen LogP) is 11.9. The monoisotopic (exact) mass is 1110 g/mol. The third kappa shape index (κ3) is 11.1. The Balaban J connectivity index is 0.000000168. The minimum atomic E-state index is -4.64. The molecule has 3 aromatic carbocycles. The molecule has 4 aromatic heterocycles. The molecule has 3 N–H and O–H groups in total. The Morgan fingerprint density at radius 2 is 1.23 bits per heavy atom. The number of rotatable bonds is 11. The van der Waals surface area contributed by atoms with Gasteiger partial charge in [-0.15, -0.1) is 0 Å². The standard InChI is InChI=1S/C30H29Cl2N3O3.C23H23Cl2N3O3.C2HF3O/c1-17(20-15-37-16-20)23-12-25(31)22-9-11-35(30(36)26(22)27(23)32)13-24-21-8-10-33-28(21)18(2)34-29(24)38-14-19-6-4-3-5-7-19;1-11(13-9-31-10-13)16-7-18(24)15-4-6-28(23(30)19(15)20(16)25)8-17-14-3-5-26-21(14)12(2)27-22(17)29;3-2(4,5)1-6/h3-8,10,12,17,20,33H,9,11,13-16H2,1-2H3;3,5,7,11,13,26H,4,6,8-10H2,1-2H3,(H,27,29);1H. The van der Waals surface area contributed by atoms with E-state index in [4.69, 9.17) is 70.4 Å². The van der Waals surface area contributed by atoms with Crippen LogP contribution in [0.15, 0.2) is 71.8 Å². The summed E-state index contributed by atoms with van der Waals surface area (Å²) in [5, 5.41) is 3.99. The van der Waals surface area contributed by atoms with Gasteiger partial charge in [-0.2, -0.15) is 13.2 Å². The maximum atomic E-state index is 13.9. The molecule has 4 aliphatic rings. The smallest absolute Gasteiger partial charge is 0.446 e. The zero-order valence-electron chi connectivity index (χ0n) is 41.4. The summed E-state index contributed by atoms with van der Waals surface area (Å²) in [6.07, 6.45) is -0.771. The van der Waals surface area contributed by atoms with Crippen molar-refractivity contribution >= 4 is 86.3 Å². The minimum absolute atomic E-state index is 0.115. The third-order valence-electron chi connectivity index (χ3n) is 14.7. The fourth-order valence-electron chi connectivity index (χ4n) is 10.1. The first-order valence-corrected chi connectivity index (χ1v) is 26.0. The zero-order chi connectivity index (χ0) is 53.5. The van der Waals surface area contributed by atoms with Gasteiger partial charge in [0, 0.05) is 75.0 Å². The van der Waals surface area contributed by atoms with Crippen LogP contribution in [0.3, 0.4) is 0 Å². The molecular formula is C55H53Cl4F3N6O7. The molecule has 4 aliphatic heterocycles. The summed E-state index contributed by atoms with van der Waals surface area (Å²) in [5.41, 5.74) is 10.2. The Bertz CT molecular complexity index is 3370. The van der Waals surface area contributed by atoms with Gasteiger partial charge in [0.1, 0.15) is 6.61 Å². The van der Waals surface area contributed by atoms with Crippen molar-refractivity contribution in [2.75, 3.05) is 39.5 Å². The van der Waals surface area contributed by atoms with Gasteiger partial charge in [-0.1, -0.05) is 90.6 Å². The van der Waals surface area contributed by atoms with E-state index in [0.717, 1.165) is 66.6 Å². The molecule has 11 rings (SSSR count). The van der Waals surface area contributed by atoms with Crippen molar-refractivity contribution in [2.24, 2.45) is 11.8 Å². The summed E-state index contributed by atoms with van der Waals surface area (Å²) in [7, 11) is 0. The molecule has 2 saturated heterocycles. The number of hydrogen-bond donors (Lipinski definition) is 3. The molecule has 2 amide bonds. The molecule has 2 unspecified atom stereocenters. The number of nitrogens with zero attached hydrogens (tertiary/aromatic N) is 3. The molecule has 13 nitrogen and oxygen atoms in total. The lowest BCUT2D eigenvalue weighted by Crippen LogP contribution is -2.39. The number of benzene rings is 3. The van der Waals surface area contributed by atoms with Crippen LogP contribution in [0.5, 0.6) is 5.88 Å². The Kier molecular flexibility index (Phi) is 16.1. The lowest BCUT2D eigenvalue weighted by atomic mass is 9.84. The van der Waals surface area contributed by atoms with Gasteiger partial charge in [-0.05, 0) is 90.6 Å². The van der Waals surface area contributed by atoms with E-state index in [-0.39, 0.29) is 35.8 Å². The summed E-state index contributed by atoms with van der Waals surface area (Å²) in [6, 6.07) is 17.7. The number of aldehydes is 1. The highest BCUT2D eigenvalue weighted by Crippen LogP contribution is 2.44. The van der Waals surface area contributed by atoms with Crippen LogP contribution in [-0.4, -0.2) is 93.5 Å². The van der Waals surface area contributed by atoms with E-state index < -0.39 is 12.5 Å². The summed E-state index contributed by atoms with van der Waals surface area (Å²) < 4.78 is 48.2. The number of halogens is 7. The van der Waals surface area contributed by atoms with Crippen molar-refractivity contribution < 1.29 is 41.8 Å². The van der Waals surface area contributed by atoms with Crippen LogP contribution in [0.1, 0.15) is 96.7 Å². The van der Waals surface area contributed by atoms with Crippen LogP contribution in [0.25, 0.3) is 21.8 Å².